The van der Waals surface area contributed by atoms with Gasteiger partial charge >= 0.3 is 6.18 Å². The Hall–Kier alpha value is -3.16. The smallest absolute Gasteiger partial charge is 0.416 e. The van der Waals surface area contributed by atoms with E-state index < -0.39 is 11.7 Å². The molecule has 1 aliphatic heterocycles. The Labute approximate surface area is 172 Å². The van der Waals surface area contributed by atoms with E-state index in [0.29, 0.717) is 17.2 Å². The third-order valence-corrected chi connectivity index (χ3v) is 5.23. The lowest BCUT2D eigenvalue weighted by Gasteiger charge is -2.11. The number of ether oxygens (including phenoxy) is 2. The topological polar surface area (TPSA) is 48.3 Å². The highest BCUT2D eigenvalue weighted by Crippen LogP contribution is 2.39. The highest BCUT2D eigenvalue weighted by atomic mass is 19.4. The molecule has 5 nitrogen and oxygen atoms in total. The number of halogens is 3. The van der Waals surface area contributed by atoms with Crippen molar-refractivity contribution in [2.45, 2.75) is 25.4 Å². The summed E-state index contributed by atoms with van der Waals surface area (Å²) in [6, 6.07) is 10.6. The van der Waals surface area contributed by atoms with Gasteiger partial charge in [-0.05, 0) is 55.7 Å². The van der Waals surface area contributed by atoms with Crippen LogP contribution in [0.3, 0.4) is 0 Å². The van der Waals surface area contributed by atoms with Crippen LogP contribution < -0.4 is 14.8 Å². The van der Waals surface area contributed by atoms with Gasteiger partial charge in [-0.25, -0.2) is 4.68 Å². The second-order valence-electron chi connectivity index (χ2n) is 7.08. The summed E-state index contributed by atoms with van der Waals surface area (Å²) in [6.45, 7) is 0.776. The van der Waals surface area contributed by atoms with Crippen LogP contribution in [0.1, 0.15) is 24.0 Å². The Kier molecular flexibility index (Phi) is 5.32. The number of hydrogen-bond donors (Lipinski definition) is 1. The first-order valence-electron chi connectivity index (χ1n) is 9.68. The average molecular weight is 417 g/mol. The van der Waals surface area contributed by atoms with Crippen molar-refractivity contribution in [3.05, 3.63) is 53.6 Å². The zero-order chi connectivity index (χ0) is 21.3. The maximum atomic E-state index is 13.0. The predicted molar refractivity (Wildman–Crippen MR) is 109 cm³/mol. The fourth-order valence-corrected chi connectivity index (χ4v) is 3.69. The number of fused-ring (bicyclic) bond motifs is 1. The van der Waals surface area contributed by atoms with Crippen LogP contribution in [0.15, 0.2) is 42.5 Å². The maximum Gasteiger partial charge on any atom is 0.416 e. The lowest BCUT2D eigenvalue weighted by Crippen LogP contribution is -2.08. The zero-order valence-electron chi connectivity index (χ0n) is 16.7. The van der Waals surface area contributed by atoms with Crippen molar-refractivity contribution < 1.29 is 22.6 Å². The lowest BCUT2D eigenvalue weighted by atomic mass is 10.0. The third-order valence-electron chi connectivity index (χ3n) is 5.23. The molecule has 0 fully saturated rings. The van der Waals surface area contributed by atoms with Crippen LogP contribution in [0.4, 0.5) is 19.0 Å². The van der Waals surface area contributed by atoms with Crippen LogP contribution in [0.25, 0.3) is 16.9 Å². The fourth-order valence-electron chi connectivity index (χ4n) is 3.69. The van der Waals surface area contributed by atoms with E-state index in [2.05, 4.69) is 5.32 Å². The van der Waals surface area contributed by atoms with Crippen LogP contribution in [-0.4, -0.2) is 30.5 Å². The Morgan fingerprint density at radius 3 is 2.43 bits per heavy atom. The number of alkyl halides is 3. The molecule has 2 aromatic carbocycles. The number of rotatable bonds is 4. The predicted octanol–water partition coefficient (Wildman–Crippen LogP) is 5.32. The minimum Gasteiger partial charge on any atom is -0.497 e. The lowest BCUT2D eigenvalue weighted by molar-refractivity contribution is -0.137. The van der Waals surface area contributed by atoms with Gasteiger partial charge in [0.25, 0.3) is 0 Å². The number of nitrogens with one attached hydrogen (secondary N) is 1. The number of methoxy groups -OCH3 is 2. The summed E-state index contributed by atoms with van der Waals surface area (Å²) in [6.07, 6.45) is -1.57. The molecule has 158 valence electrons. The molecule has 3 aromatic rings. The number of anilines is 1. The van der Waals surface area contributed by atoms with E-state index in [4.69, 9.17) is 14.6 Å². The highest BCUT2D eigenvalue weighted by Gasteiger charge is 2.30. The Balaban J connectivity index is 1.85. The summed E-state index contributed by atoms with van der Waals surface area (Å²) in [7, 11) is 3.17. The van der Waals surface area contributed by atoms with Crippen molar-refractivity contribution >= 4 is 5.82 Å². The molecule has 0 radical (unpaired) electrons. The van der Waals surface area contributed by atoms with E-state index in [1.807, 2.05) is 12.1 Å². The molecule has 0 amide bonds. The summed E-state index contributed by atoms with van der Waals surface area (Å²) >= 11 is 0. The molecule has 1 N–H and O–H groups in total. The third kappa shape index (κ3) is 3.69. The molecule has 30 heavy (non-hydrogen) atoms. The van der Waals surface area contributed by atoms with Gasteiger partial charge in [0.15, 0.2) is 0 Å². The van der Waals surface area contributed by atoms with Crippen LogP contribution in [0.2, 0.25) is 0 Å². The van der Waals surface area contributed by atoms with E-state index in [9.17, 15) is 13.2 Å². The van der Waals surface area contributed by atoms with E-state index in [-0.39, 0.29) is 0 Å². The van der Waals surface area contributed by atoms with E-state index >= 15 is 0 Å². The molecule has 4 rings (SSSR count). The number of nitrogens with zero attached hydrogens (tertiary/aromatic N) is 2. The SMILES string of the molecule is COc1ccc(-c2nn(-c3ccc(C(F)(F)F)cc3)c3c2CCCCN3)c(OC)c1. The normalized spacial score (nSPS) is 13.9. The summed E-state index contributed by atoms with van der Waals surface area (Å²) in [5, 5.41) is 8.18. The van der Waals surface area contributed by atoms with Gasteiger partial charge in [0.2, 0.25) is 0 Å². The summed E-state index contributed by atoms with van der Waals surface area (Å²) in [5.74, 6) is 2.10. The van der Waals surface area contributed by atoms with Crippen molar-refractivity contribution in [3.8, 4) is 28.4 Å². The Bertz CT molecular complexity index is 1040. The Morgan fingerprint density at radius 2 is 1.77 bits per heavy atom. The van der Waals surface area contributed by atoms with Crippen LogP contribution in [0, 0.1) is 0 Å². The van der Waals surface area contributed by atoms with Crippen molar-refractivity contribution in [1.29, 1.82) is 0 Å². The largest absolute Gasteiger partial charge is 0.497 e. The van der Waals surface area contributed by atoms with Crippen LogP contribution >= 0.6 is 0 Å². The molecular formula is C22H22F3N3O2. The van der Waals surface area contributed by atoms with Crippen molar-refractivity contribution in [2.24, 2.45) is 0 Å². The van der Waals surface area contributed by atoms with Gasteiger partial charge in [0.1, 0.15) is 23.0 Å². The van der Waals surface area contributed by atoms with Crippen molar-refractivity contribution in [2.75, 3.05) is 26.1 Å². The number of hydrogen-bond acceptors (Lipinski definition) is 4. The van der Waals surface area contributed by atoms with Gasteiger partial charge in [-0.1, -0.05) is 0 Å². The molecule has 0 bridgehead atoms. The van der Waals surface area contributed by atoms with Gasteiger partial charge in [0.05, 0.1) is 25.5 Å². The van der Waals surface area contributed by atoms with Crippen LogP contribution in [0.5, 0.6) is 11.5 Å². The molecule has 8 heteroatoms. The molecule has 0 saturated carbocycles. The first-order valence-corrected chi connectivity index (χ1v) is 9.68. The van der Waals surface area contributed by atoms with E-state index in [1.54, 1.807) is 25.0 Å². The molecule has 0 atom stereocenters. The van der Waals surface area contributed by atoms with Crippen LogP contribution in [-0.2, 0) is 12.6 Å². The maximum absolute atomic E-state index is 13.0. The molecule has 1 aromatic heterocycles. The number of aromatic nitrogens is 2. The molecule has 2 heterocycles. The van der Waals surface area contributed by atoms with Gasteiger partial charge in [-0.15, -0.1) is 0 Å². The molecule has 0 unspecified atom stereocenters. The van der Waals surface area contributed by atoms with E-state index in [1.165, 1.54) is 12.1 Å². The second kappa shape index (κ2) is 7.93. The Morgan fingerprint density at radius 1 is 1.00 bits per heavy atom. The van der Waals surface area contributed by atoms with Crippen molar-refractivity contribution in [1.82, 2.24) is 9.78 Å². The highest BCUT2D eigenvalue weighted by molar-refractivity contribution is 5.76. The monoisotopic (exact) mass is 417 g/mol. The summed E-state index contributed by atoms with van der Waals surface area (Å²) in [4.78, 5) is 0. The molecular weight excluding hydrogens is 395 g/mol. The van der Waals surface area contributed by atoms with Gasteiger partial charge in [0, 0.05) is 23.7 Å². The standard InChI is InChI=1S/C22H22F3N3O2/c1-29-16-10-11-17(19(13-16)30-2)20-18-5-3-4-12-26-21(18)28(27-20)15-8-6-14(7-9-15)22(23,24)25/h6-11,13,26H,3-5,12H2,1-2H3. The molecule has 0 spiro atoms. The first-order chi connectivity index (χ1) is 14.4. The number of benzene rings is 2. The van der Waals surface area contributed by atoms with Crippen molar-refractivity contribution in [3.63, 3.8) is 0 Å². The summed E-state index contributed by atoms with van der Waals surface area (Å²) < 4.78 is 51.4. The molecule has 1 aliphatic rings. The average Bonchev–Trinajstić information content (AvgIpc) is 2.93. The molecule has 0 saturated heterocycles. The molecule has 0 aliphatic carbocycles. The fraction of sp³-hybridized carbons (Fsp3) is 0.318. The van der Waals surface area contributed by atoms with Gasteiger partial charge < -0.3 is 14.8 Å². The first kappa shape index (κ1) is 20.1. The minimum absolute atomic E-state index is 0.562. The second-order valence-corrected chi connectivity index (χ2v) is 7.08. The van der Waals surface area contributed by atoms with Gasteiger partial charge in [-0.2, -0.15) is 18.3 Å². The summed E-state index contributed by atoms with van der Waals surface area (Å²) in [5.41, 5.74) is 2.46. The van der Waals surface area contributed by atoms with Gasteiger partial charge in [-0.3, -0.25) is 0 Å². The zero-order valence-corrected chi connectivity index (χ0v) is 16.7. The quantitative estimate of drug-likeness (QED) is 0.624. The minimum atomic E-state index is -4.38. The van der Waals surface area contributed by atoms with E-state index in [0.717, 1.165) is 60.6 Å².